The number of nitrogens with zero attached hydrogens (tertiary/aromatic N) is 1. The summed E-state index contributed by atoms with van der Waals surface area (Å²) in [6.45, 7) is 2.11. The molecule has 1 aliphatic heterocycles. The second-order valence-electron chi connectivity index (χ2n) is 3.28. The summed E-state index contributed by atoms with van der Waals surface area (Å²) in [5.74, 6) is 0. The van der Waals surface area contributed by atoms with E-state index in [-0.39, 0.29) is 5.54 Å². The van der Waals surface area contributed by atoms with Crippen LogP contribution in [0.1, 0.15) is 12.6 Å². The van der Waals surface area contributed by atoms with Crippen molar-refractivity contribution in [2.45, 2.75) is 12.5 Å². The van der Waals surface area contributed by atoms with Crippen molar-refractivity contribution in [2.24, 2.45) is 0 Å². The normalized spacial score (nSPS) is 25.6. The SMILES string of the molecule is CC1(c2ccccn2)C=CC=CN1. The lowest BCUT2D eigenvalue weighted by atomic mass is 9.95. The third kappa shape index (κ3) is 1.47. The Morgan fingerprint density at radius 1 is 1.31 bits per heavy atom. The van der Waals surface area contributed by atoms with Gasteiger partial charge >= 0.3 is 0 Å². The molecule has 0 fully saturated rings. The molecule has 0 aromatic carbocycles. The molecule has 1 N–H and O–H groups in total. The summed E-state index contributed by atoms with van der Waals surface area (Å²) in [6.07, 6.45) is 9.87. The van der Waals surface area contributed by atoms with E-state index in [1.54, 1.807) is 0 Å². The van der Waals surface area contributed by atoms with Crippen LogP contribution in [0.15, 0.2) is 48.8 Å². The van der Waals surface area contributed by atoms with E-state index in [0.29, 0.717) is 0 Å². The third-order valence-corrected chi connectivity index (χ3v) is 2.22. The van der Waals surface area contributed by atoms with Gasteiger partial charge in [-0.3, -0.25) is 4.98 Å². The molecule has 0 amide bonds. The lowest BCUT2D eigenvalue weighted by Crippen LogP contribution is -2.35. The summed E-state index contributed by atoms with van der Waals surface area (Å²) in [5, 5.41) is 3.28. The predicted octanol–water partition coefficient (Wildman–Crippen LogP) is 1.97. The molecule has 1 aromatic rings. The number of nitrogens with one attached hydrogen (secondary N) is 1. The smallest absolute Gasteiger partial charge is 0.0951 e. The first-order valence-electron chi connectivity index (χ1n) is 4.35. The molecule has 2 nitrogen and oxygen atoms in total. The molecule has 2 heteroatoms. The van der Waals surface area contributed by atoms with Gasteiger partial charge < -0.3 is 5.32 Å². The highest BCUT2D eigenvalue weighted by atomic mass is 15.0. The van der Waals surface area contributed by atoms with Gasteiger partial charge in [0.25, 0.3) is 0 Å². The molecule has 66 valence electrons. The minimum Gasteiger partial charge on any atom is -0.377 e. The largest absolute Gasteiger partial charge is 0.377 e. The summed E-state index contributed by atoms with van der Waals surface area (Å²) in [4.78, 5) is 4.33. The van der Waals surface area contributed by atoms with Crippen LogP contribution in [0.3, 0.4) is 0 Å². The minimum atomic E-state index is -0.157. The monoisotopic (exact) mass is 172 g/mol. The topological polar surface area (TPSA) is 24.9 Å². The van der Waals surface area contributed by atoms with E-state index in [4.69, 9.17) is 0 Å². The number of aromatic nitrogens is 1. The highest BCUT2D eigenvalue weighted by Crippen LogP contribution is 2.21. The molecule has 0 saturated heterocycles. The van der Waals surface area contributed by atoms with Gasteiger partial charge in [0.05, 0.1) is 11.2 Å². The van der Waals surface area contributed by atoms with Gasteiger partial charge in [-0.05, 0) is 31.3 Å². The Morgan fingerprint density at radius 2 is 2.23 bits per heavy atom. The minimum absolute atomic E-state index is 0.157. The predicted molar refractivity (Wildman–Crippen MR) is 53.0 cm³/mol. The summed E-state index contributed by atoms with van der Waals surface area (Å²) in [5.41, 5.74) is 0.881. The van der Waals surface area contributed by atoms with Crippen LogP contribution < -0.4 is 5.32 Å². The van der Waals surface area contributed by atoms with Crippen molar-refractivity contribution in [1.82, 2.24) is 10.3 Å². The second-order valence-corrected chi connectivity index (χ2v) is 3.28. The Balaban J connectivity index is 2.35. The van der Waals surface area contributed by atoms with E-state index >= 15 is 0 Å². The summed E-state index contributed by atoms with van der Waals surface area (Å²) >= 11 is 0. The molecule has 1 aliphatic rings. The summed E-state index contributed by atoms with van der Waals surface area (Å²) in [6, 6.07) is 5.95. The van der Waals surface area contributed by atoms with Crippen molar-refractivity contribution in [2.75, 3.05) is 0 Å². The van der Waals surface area contributed by atoms with Crippen LogP contribution >= 0.6 is 0 Å². The molecule has 0 radical (unpaired) electrons. The van der Waals surface area contributed by atoms with Crippen LogP contribution in [-0.2, 0) is 5.54 Å². The van der Waals surface area contributed by atoms with Gasteiger partial charge in [-0.2, -0.15) is 0 Å². The molecule has 0 bridgehead atoms. The van der Waals surface area contributed by atoms with Gasteiger partial charge in [-0.15, -0.1) is 0 Å². The lowest BCUT2D eigenvalue weighted by Gasteiger charge is -2.27. The third-order valence-electron chi connectivity index (χ3n) is 2.22. The Hall–Kier alpha value is -1.57. The van der Waals surface area contributed by atoms with E-state index in [0.717, 1.165) is 5.69 Å². The fourth-order valence-electron chi connectivity index (χ4n) is 1.40. The Bertz CT molecular complexity index is 340. The number of hydrogen-bond donors (Lipinski definition) is 1. The molecule has 0 saturated carbocycles. The maximum Gasteiger partial charge on any atom is 0.0951 e. The molecule has 0 spiro atoms. The van der Waals surface area contributed by atoms with Crippen LogP contribution in [0.5, 0.6) is 0 Å². The quantitative estimate of drug-likeness (QED) is 0.700. The zero-order valence-corrected chi connectivity index (χ0v) is 7.57. The molecular formula is C11H12N2. The molecule has 1 aromatic heterocycles. The zero-order chi connectivity index (χ0) is 9.15. The van der Waals surface area contributed by atoms with Gasteiger partial charge in [0.1, 0.15) is 0 Å². The first kappa shape index (κ1) is 8.05. The summed E-state index contributed by atoms with van der Waals surface area (Å²) in [7, 11) is 0. The van der Waals surface area contributed by atoms with Crippen molar-refractivity contribution in [1.29, 1.82) is 0 Å². The van der Waals surface area contributed by atoms with E-state index in [1.165, 1.54) is 0 Å². The Labute approximate surface area is 78.0 Å². The van der Waals surface area contributed by atoms with E-state index in [2.05, 4.69) is 23.3 Å². The standard InChI is InChI=1S/C11H12N2/c1-11(7-3-5-9-13-11)10-6-2-4-8-12-10/h2-9,13H,1H3. The van der Waals surface area contributed by atoms with Crippen molar-refractivity contribution in [3.8, 4) is 0 Å². The highest BCUT2D eigenvalue weighted by molar-refractivity contribution is 5.27. The van der Waals surface area contributed by atoms with Crippen molar-refractivity contribution in [3.05, 3.63) is 54.5 Å². The average molecular weight is 172 g/mol. The van der Waals surface area contributed by atoms with E-state index in [9.17, 15) is 0 Å². The Kier molecular flexibility index (Phi) is 1.89. The first-order valence-corrected chi connectivity index (χ1v) is 4.35. The summed E-state index contributed by atoms with van der Waals surface area (Å²) < 4.78 is 0. The van der Waals surface area contributed by atoms with Crippen LogP contribution in [0.25, 0.3) is 0 Å². The Morgan fingerprint density at radius 3 is 2.85 bits per heavy atom. The van der Waals surface area contributed by atoms with Crippen molar-refractivity contribution in [3.63, 3.8) is 0 Å². The van der Waals surface area contributed by atoms with Crippen LogP contribution in [0.4, 0.5) is 0 Å². The van der Waals surface area contributed by atoms with Gasteiger partial charge in [-0.25, -0.2) is 0 Å². The van der Waals surface area contributed by atoms with Gasteiger partial charge in [-0.1, -0.05) is 18.2 Å². The van der Waals surface area contributed by atoms with Gasteiger partial charge in [0.15, 0.2) is 0 Å². The van der Waals surface area contributed by atoms with Crippen LogP contribution in [0.2, 0.25) is 0 Å². The second kappa shape index (κ2) is 3.05. The van der Waals surface area contributed by atoms with Crippen molar-refractivity contribution >= 4 is 0 Å². The number of pyridine rings is 1. The maximum atomic E-state index is 4.33. The first-order chi connectivity index (χ1) is 6.31. The fourth-order valence-corrected chi connectivity index (χ4v) is 1.40. The van der Waals surface area contributed by atoms with E-state index < -0.39 is 0 Å². The number of rotatable bonds is 1. The molecular weight excluding hydrogens is 160 g/mol. The number of allylic oxidation sites excluding steroid dienone is 2. The molecule has 0 aliphatic carbocycles. The average Bonchev–Trinajstić information content (AvgIpc) is 2.20. The number of hydrogen-bond acceptors (Lipinski definition) is 2. The van der Waals surface area contributed by atoms with Crippen LogP contribution in [-0.4, -0.2) is 4.98 Å². The highest BCUT2D eigenvalue weighted by Gasteiger charge is 2.23. The van der Waals surface area contributed by atoms with Crippen molar-refractivity contribution < 1.29 is 0 Å². The van der Waals surface area contributed by atoms with Crippen LogP contribution in [0, 0.1) is 0 Å². The molecule has 2 rings (SSSR count). The van der Waals surface area contributed by atoms with E-state index in [1.807, 2.05) is 42.7 Å². The molecule has 2 heterocycles. The fraction of sp³-hybridized carbons (Fsp3) is 0.182. The molecule has 1 unspecified atom stereocenters. The lowest BCUT2D eigenvalue weighted by molar-refractivity contribution is 0.508. The molecule has 1 atom stereocenters. The van der Waals surface area contributed by atoms with Gasteiger partial charge in [0, 0.05) is 6.20 Å². The number of dihydropyridines is 1. The maximum absolute atomic E-state index is 4.33. The molecule has 13 heavy (non-hydrogen) atoms. The zero-order valence-electron chi connectivity index (χ0n) is 7.57. The van der Waals surface area contributed by atoms with Gasteiger partial charge in [0.2, 0.25) is 0 Å².